The smallest absolute Gasteiger partial charge is 0.216 e. The van der Waals surface area contributed by atoms with Crippen LogP contribution in [0.15, 0.2) is 28.7 Å². The van der Waals surface area contributed by atoms with E-state index in [1.165, 1.54) is 0 Å². The summed E-state index contributed by atoms with van der Waals surface area (Å²) in [6.45, 7) is 4.06. The Bertz CT molecular complexity index is 599. The second-order valence-corrected chi connectivity index (χ2v) is 5.60. The minimum atomic E-state index is 0.609. The molecule has 0 bridgehead atoms. The van der Waals surface area contributed by atoms with Gasteiger partial charge in [-0.3, -0.25) is 0 Å². The van der Waals surface area contributed by atoms with E-state index in [9.17, 15) is 0 Å². The fourth-order valence-electron chi connectivity index (χ4n) is 2.15. The third-order valence-electron chi connectivity index (χ3n) is 3.13. The number of benzene rings is 1. The third-order valence-corrected chi connectivity index (χ3v) is 3.62. The first kappa shape index (κ1) is 15.9. The normalized spacial score (nSPS) is 10.7. The predicted molar refractivity (Wildman–Crippen MR) is 85.8 cm³/mol. The molecule has 1 aromatic heterocycles. The van der Waals surface area contributed by atoms with Gasteiger partial charge < -0.3 is 14.8 Å². The quantitative estimate of drug-likeness (QED) is 0.777. The van der Waals surface area contributed by atoms with Gasteiger partial charge in [0, 0.05) is 24.6 Å². The summed E-state index contributed by atoms with van der Waals surface area (Å²) in [6, 6.07) is 7.83. The lowest BCUT2D eigenvalue weighted by molar-refractivity contribution is 0.312. The average Bonchev–Trinajstić information content (AvgIpc) is 2.72. The number of halogens is 1. The highest BCUT2D eigenvalue weighted by Crippen LogP contribution is 2.20. The number of nitrogens with zero attached hydrogens (tertiary/aromatic N) is 2. The first-order chi connectivity index (χ1) is 10.1. The first-order valence-electron chi connectivity index (χ1n) is 6.77. The van der Waals surface area contributed by atoms with Crippen LogP contribution < -0.4 is 14.8 Å². The van der Waals surface area contributed by atoms with Crippen molar-refractivity contribution in [2.75, 3.05) is 20.3 Å². The molecule has 0 amide bonds. The van der Waals surface area contributed by atoms with E-state index < -0.39 is 0 Å². The standard InChI is InChI=1S/C15H20BrN3O2/c1-11-14(15(20-3)19(2)18-11)10-17-7-8-21-13-6-4-5-12(16)9-13/h4-6,9,17H,7-8,10H2,1-3H3. The summed E-state index contributed by atoms with van der Waals surface area (Å²) >= 11 is 3.42. The van der Waals surface area contributed by atoms with E-state index in [1.54, 1.807) is 11.8 Å². The van der Waals surface area contributed by atoms with Crippen LogP contribution in [0.4, 0.5) is 0 Å². The highest BCUT2D eigenvalue weighted by molar-refractivity contribution is 9.10. The van der Waals surface area contributed by atoms with Gasteiger partial charge in [-0.1, -0.05) is 22.0 Å². The fraction of sp³-hybridized carbons (Fsp3) is 0.400. The van der Waals surface area contributed by atoms with Crippen LogP contribution in [0.1, 0.15) is 11.3 Å². The average molecular weight is 354 g/mol. The summed E-state index contributed by atoms with van der Waals surface area (Å²) in [5.74, 6) is 1.66. The maximum Gasteiger partial charge on any atom is 0.216 e. The van der Waals surface area contributed by atoms with Crippen molar-refractivity contribution >= 4 is 15.9 Å². The number of nitrogens with one attached hydrogen (secondary N) is 1. The molecule has 114 valence electrons. The third kappa shape index (κ3) is 4.22. The molecule has 0 radical (unpaired) electrons. The van der Waals surface area contributed by atoms with Gasteiger partial charge in [-0.25, -0.2) is 4.68 Å². The van der Waals surface area contributed by atoms with E-state index in [1.807, 2.05) is 38.2 Å². The molecule has 0 aliphatic carbocycles. The number of ether oxygens (including phenoxy) is 2. The van der Waals surface area contributed by atoms with E-state index in [-0.39, 0.29) is 0 Å². The summed E-state index contributed by atoms with van der Waals surface area (Å²) in [5, 5.41) is 7.70. The number of aryl methyl sites for hydroxylation is 2. The predicted octanol–water partition coefficient (Wildman–Crippen LogP) is 2.67. The summed E-state index contributed by atoms with van der Waals surface area (Å²) in [6.07, 6.45) is 0. The molecule has 0 saturated heterocycles. The number of hydrogen-bond acceptors (Lipinski definition) is 4. The lowest BCUT2D eigenvalue weighted by Gasteiger charge is -2.09. The van der Waals surface area contributed by atoms with Crippen LogP contribution in [-0.2, 0) is 13.6 Å². The summed E-state index contributed by atoms with van der Waals surface area (Å²) in [5.41, 5.74) is 2.07. The van der Waals surface area contributed by atoms with Gasteiger partial charge in [0.25, 0.3) is 0 Å². The molecule has 1 aromatic carbocycles. The van der Waals surface area contributed by atoms with Crippen molar-refractivity contribution in [3.8, 4) is 11.6 Å². The second kappa shape index (κ2) is 7.47. The van der Waals surface area contributed by atoms with Gasteiger partial charge in [0.05, 0.1) is 18.4 Å². The molecular formula is C15H20BrN3O2. The zero-order chi connectivity index (χ0) is 15.2. The van der Waals surface area contributed by atoms with Crippen molar-refractivity contribution in [1.82, 2.24) is 15.1 Å². The topological polar surface area (TPSA) is 48.3 Å². The molecule has 2 rings (SSSR count). The van der Waals surface area contributed by atoms with E-state index in [2.05, 4.69) is 26.3 Å². The molecule has 0 unspecified atom stereocenters. The fourth-order valence-corrected chi connectivity index (χ4v) is 2.53. The maximum atomic E-state index is 5.67. The molecule has 21 heavy (non-hydrogen) atoms. The van der Waals surface area contributed by atoms with Crippen molar-refractivity contribution < 1.29 is 9.47 Å². The molecule has 6 heteroatoms. The minimum absolute atomic E-state index is 0.609. The molecule has 1 N–H and O–H groups in total. The molecule has 1 heterocycles. The summed E-state index contributed by atoms with van der Waals surface area (Å²) in [4.78, 5) is 0. The van der Waals surface area contributed by atoms with Gasteiger partial charge >= 0.3 is 0 Å². The highest BCUT2D eigenvalue weighted by Gasteiger charge is 2.12. The van der Waals surface area contributed by atoms with Crippen LogP contribution in [0.3, 0.4) is 0 Å². The second-order valence-electron chi connectivity index (χ2n) is 4.68. The van der Waals surface area contributed by atoms with E-state index >= 15 is 0 Å². The van der Waals surface area contributed by atoms with Gasteiger partial charge in [-0.15, -0.1) is 0 Å². The Morgan fingerprint density at radius 3 is 2.90 bits per heavy atom. The van der Waals surface area contributed by atoms with Crippen LogP contribution in [-0.4, -0.2) is 30.0 Å². The van der Waals surface area contributed by atoms with Gasteiger partial charge in [-0.2, -0.15) is 5.10 Å². The van der Waals surface area contributed by atoms with E-state index in [4.69, 9.17) is 9.47 Å². The number of rotatable bonds is 7. The lowest BCUT2D eigenvalue weighted by atomic mass is 10.2. The summed E-state index contributed by atoms with van der Waals surface area (Å²) < 4.78 is 13.8. The molecule has 0 atom stereocenters. The van der Waals surface area contributed by atoms with Crippen LogP contribution >= 0.6 is 15.9 Å². The van der Waals surface area contributed by atoms with Gasteiger partial charge in [0.2, 0.25) is 5.88 Å². The van der Waals surface area contributed by atoms with Crippen LogP contribution in [0, 0.1) is 6.92 Å². The van der Waals surface area contributed by atoms with Crippen molar-refractivity contribution in [2.45, 2.75) is 13.5 Å². The Balaban J connectivity index is 1.78. The van der Waals surface area contributed by atoms with Crippen molar-refractivity contribution in [1.29, 1.82) is 0 Å². The maximum absolute atomic E-state index is 5.67. The largest absolute Gasteiger partial charge is 0.492 e. The van der Waals surface area contributed by atoms with Crippen molar-refractivity contribution in [3.63, 3.8) is 0 Å². The molecule has 0 fully saturated rings. The Hall–Kier alpha value is -1.53. The number of aromatic nitrogens is 2. The van der Waals surface area contributed by atoms with Gasteiger partial charge in [0.1, 0.15) is 12.4 Å². The van der Waals surface area contributed by atoms with Gasteiger partial charge in [-0.05, 0) is 25.1 Å². The van der Waals surface area contributed by atoms with Crippen LogP contribution in [0.25, 0.3) is 0 Å². The van der Waals surface area contributed by atoms with Crippen molar-refractivity contribution in [3.05, 3.63) is 40.0 Å². The lowest BCUT2D eigenvalue weighted by Crippen LogP contribution is -2.21. The Morgan fingerprint density at radius 2 is 2.19 bits per heavy atom. The zero-order valence-electron chi connectivity index (χ0n) is 12.5. The molecule has 0 saturated carbocycles. The van der Waals surface area contributed by atoms with Crippen LogP contribution in [0.5, 0.6) is 11.6 Å². The Labute approximate surface area is 133 Å². The van der Waals surface area contributed by atoms with Gasteiger partial charge in [0.15, 0.2) is 0 Å². The first-order valence-corrected chi connectivity index (χ1v) is 7.56. The van der Waals surface area contributed by atoms with E-state index in [0.29, 0.717) is 13.2 Å². The molecular weight excluding hydrogens is 334 g/mol. The van der Waals surface area contributed by atoms with Crippen molar-refractivity contribution in [2.24, 2.45) is 7.05 Å². The SMILES string of the molecule is COc1c(CNCCOc2cccc(Br)c2)c(C)nn1C. The molecule has 0 aliphatic rings. The molecule has 2 aromatic rings. The Morgan fingerprint density at radius 1 is 1.38 bits per heavy atom. The number of methoxy groups -OCH3 is 1. The minimum Gasteiger partial charge on any atom is -0.492 e. The molecule has 0 spiro atoms. The zero-order valence-corrected chi connectivity index (χ0v) is 14.1. The Kier molecular flexibility index (Phi) is 5.64. The van der Waals surface area contributed by atoms with Crippen LogP contribution in [0.2, 0.25) is 0 Å². The monoisotopic (exact) mass is 353 g/mol. The highest BCUT2D eigenvalue weighted by atomic mass is 79.9. The molecule has 5 nitrogen and oxygen atoms in total. The van der Waals surface area contributed by atoms with E-state index in [0.717, 1.165) is 33.9 Å². The molecule has 0 aliphatic heterocycles. The summed E-state index contributed by atoms with van der Waals surface area (Å²) in [7, 11) is 3.54. The number of hydrogen-bond donors (Lipinski definition) is 1.